The second-order valence-electron chi connectivity index (χ2n) is 6.76. The van der Waals surface area contributed by atoms with Gasteiger partial charge >= 0.3 is 0 Å². The molecule has 2 aromatic carbocycles. The highest BCUT2D eigenvalue weighted by atomic mass is 32.1. The predicted molar refractivity (Wildman–Crippen MR) is 122 cm³/mol. The van der Waals surface area contributed by atoms with Gasteiger partial charge in [-0.25, -0.2) is 9.67 Å². The van der Waals surface area contributed by atoms with Gasteiger partial charge < -0.3 is 4.42 Å². The smallest absolute Gasteiger partial charge is 0.153 e. The molecule has 0 unspecified atom stereocenters. The quantitative estimate of drug-likeness (QED) is 0.312. The minimum Gasteiger partial charge on any atom is -0.463 e. The first-order chi connectivity index (χ1) is 15.3. The van der Waals surface area contributed by atoms with Crippen molar-refractivity contribution in [2.45, 2.75) is 0 Å². The van der Waals surface area contributed by atoms with Crippen LogP contribution in [0.5, 0.6) is 0 Å². The van der Waals surface area contributed by atoms with E-state index in [1.165, 1.54) is 11.3 Å². The highest BCUT2D eigenvalue weighted by molar-refractivity contribution is 7.11. The van der Waals surface area contributed by atoms with Crippen LogP contribution < -0.4 is 0 Å². The molecule has 0 amide bonds. The molecule has 6 heteroatoms. The lowest BCUT2D eigenvalue weighted by molar-refractivity contribution is 0.580. The molecule has 5 aromatic rings. The van der Waals surface area contributed by atoms with Crippen molar-refractivity contribution in [3.05, 3.63) is 101 Å². The normalized spacial score (nSPS) is 11.4. The standard InChI is InChI=1S/C25H16N4OS/c26-15-19(25-27-22(17-31-25)23-12-7-13-30-23)14-20-16-29(21-10-5-2-6-11-21)28-24(20)18-8-3-1-4-9-18/h1-14,16-17H. The van der Waals surface area contributed by atoms with E-state index in [-0.39, 0.29) is 0 Å². The molecule has 0 radical (unpaired) electrons. The summed E-state index contributed by atoms with van der Waals surface area (Å²) >= 11 is 1.42. The number of hydrogen-bond acceptors (Lipinski definition) is 5. The van der Waals surface area contributed by atoms with Gasteiger partial charge in [0, 0.05) is 22.7 Å². The maximum Gasteiger partial charge on any atom is 0.153 e. The zero-order chi connectivity index (χ0) is 21.0. The Labute approximate surface area is 183 Å². The summed E-state index contributed by atoms with van der Waals surface area (Å²) in [5.74, 6) is 0.682. The molecule has 0 saturated heterocycles. The van der Waals surface area contributed by atoms with E-state index in [0.29, 0.717) is 16.3 Å². The summed E-state index contributed by atoms with van der Waals surface area (Å²) in [5, 5.41) is 17.2. The molecule has 0 spiro atoms. The number of rotatable bonds is 5. The van der Waals surface area contributed by atoms with Crippen molar-refractivity contribution in [3.8, 4) is 34.5 Å². The Morgan fingerprint density at radius 2 is 1.77 bits per heavy atom. The average molecular weight is 420 g/mol. The number of hydrogen-bond donors (Lipinski definition) is 0. The van der Waals surface area contributed by atoms with E-state index in [4.69, 9.17) is 9.52 Å². The molecule has 31 heavy (non-hydrogen) atoms. The predicted octanol–water partition coefficient (Wildman–Crippen LogP) is 6.32. The molecule has 0 atom stereocenters. The fraction of sp³-hybridized carbons (Fsp3) is 0. The van der Waals surface area contributed by atoms with Gasteiger partial charge in [-0.2, -0.15) is 10.4 Å². The Bertz CT molecular complexity index is 1370. The van der Waals surface area contributed by atoms with Crippen LogP contribution in [0.2, 0.25) is 0 Å². The summed E-state index contributed by atoms with van der Waals surface area (Å²) in [5.41, 5.74) is 4.78. The Balaban J connectivity index is 1.60. The summed E-state index contributed by atoms with van der Waals surface area (Å²) in [6.07, 6.45) is 5.40. The van der Waals surface area contributed by atoms with Crippen LogP contribution >= 0.6 is 11.3 Å². The minimum atomic E-state index is 0.479. The first-order valence-corrected chi connectivity index (χ1v) is 10.5. The molecule has 148 valence electrons. The monoisotopic (exact) mass is 420 g/mol. The maximum absolute atomic E-state index is 9.86. The van der Waals surface area contributed by atoms with Crippen molar-refractivity contribution in [2.75, 3.05) is 0 Å². The van der Waals surface area contributed by atoms with Gasteiger partial charge in [-0.3, -0.25) is 0 Å². The largest absolute Gasteiger partial charge is 0.463 e. The van der Waals surface area contributed by atoms with Gasteiger partial charge in [-0.05, 0) is 30.3 Å². The van der Waals surface area contributed by atoms with E-state index < -0.39 is 0 Å². The third-order valence-corrected chi connectivity index (χ3v) is 5.61. The molecule has 5 nitrogen and oxygen atoms in total. The zero-order valence-corrected chi connectivity index (χ0v) is 17.2. The Morgan fingerprint density at radius 1 is 1.00 bits per heavy atom. The molecule has 0 bridgehead atoms. The van der Waals surface area contributed by atoms with Crippen LogP contribution in [-0.2, 0) is 0 Å². The van der Waals surface area contributed by atoms with Gasteiger partial charge in [0.25, 0.3) is 0 Å². The number of aromatic nitrogens is 3. The van der Waals surface area contributed by atoms with Crippen LogP contribution in [0.3, 0.4) is 0 Å². The molecular formula is C25H16N4OS. The van der Waals surface area contributed by atoms with Gasteiger partial charge in [-0.15, -0.1) is 11.3 Å². The molecular weight excluding hydrogens is 404 g/mol. The summed E-state index contributed by atoms with van der Waals surface area (Å²) < 4.78 is 7.25. The molecule has 0 aliphatic heterocycles. The lowest BCUT2D eigenvalue weighted by Gasteiger charge is -2.00. The molecule has 3 aromatic heterocycles. The van der Waals surface area contributed by atoms with Crippen LogP contribution in [0.15, 0.2) is 95.1 Å². The summed E-state index contributed by atoms with van der Waals surface area (Å²) in [7, 11) is 0. The van der Waals surface area contributed by atoms with Gasteiger partial charge in [0.1, 0.15) is 16.8 Å². The lowest BCUT2D eigenvalue weighted by Crippen LogP contribution is -1.93. The highest BCUT2D eigenvalue weighted by Crippen LogP contribution is 2.30. The number of thiazole rings is 1. The summed E-state index contributed by atoms with van der Waals surface area (Å²) in [6.45, 7) is 0. The number of furan rings is 1. The number of nitriles is 1. The number of benzene rings is 2. The fourth-order valence-corrected chi connectivity index (χ4v) is 4.03. The van der Waals surface area contributed by atoms with Crippen LogP contribution in [0.1, 0.15) is 10.6 Å². The number of para-hydroxylation sites is 1. The highest BCUT2D eigenvalue weighted by Gasteiger charge is 2.15. The van der Waals surface area contributed by atoms with Crippen LogP contribution in [-0.4, -0.2) is 14.8 Å². The first-order valence-electron chi connectivity index (χ1n) is 9.64. The van der Waals surface area contributed by atoms with E-state index in [1.54, 1.807) is 6.26 Å². The van der Waals surface area contributed by atoms with Crippen molar-refractivity contribution in [3.63, 3.8) is 0 Å². The molecule has 5 rings (SSSR count). The van der Waals surface area contributed by atoms with Crippen LogP contribution in [0, 0.1) is 11.3 Å². The molecule has 0 aliphatic rings. The third kappa shape index (κ3) is 3.82. The van der Waals surface area contributed by atoms with Gasteiger partial charge in [-0.1, -0.05) is 48.5 Å². The SMILES string of the molecule is N#CC(=Cc1cn(-c2ccccc2)nc1-c1ccccc1)c1nc(-c2ccco2)cs1. The zero-order valence-electron chi connectivity index (χ0n) is 16.3. The van der Waals surface area contributed by atoms with E-state index in [0.717, 1.165) is 28.2 Å². The third-order valence-electron chi connectivity index (χ3n) is 4.74. The Morgan fingerprint density at radius 3 is 2.48 bits per heavy atom. The summed E-state index contributed by atoms with van der Waals surface area (Å²) in [6, 6.07) is 25.8. The van der Waals surface area contributed by atoms with E-state index >= 15 is 0 Å². The molecule has 3 heterocycles. The Kier molecular flexibility index (Phi) is 5.01. The van der Waals surface area contributed by atoms with E-state index in [9.17, 15) is 5.26 Å². The second-order valence-corrected chi connectivity index (χ2v) is 7.62. The number of allylic oxidation sites excluding steroid dienone is 1. The van der Waals surface area contributed by atoms with Crippen LogP contribution in [0.4, 0.5) is 0 Å². The molecule has 0 fully saturated rings. The lowest BCUT2D eigenvalue weighted by atomic mass is 10.1. The molecule has 0 saturated carbocycles. The van der Waals surface area contributed by atoms with Gasteiger partial charge in [0.2, 0.25) is 0 Å². The van der Waals surface area contributed by atoms with Crippen molar-refractivity contribution in [2.24, 2.45) is 0 Å². The number of nitrogens with zero attached hydrogens (tertiary/aromatic N) is 4. The van der Waals surface area contributed by atoms with Gasteiger partial charge in [0.15, 0.2) is 5.76 Å². The van der Waals surface area contributed by atoms with Crippen molar-refractivity contribution < 1.29 is 4.42 Å². The molecule has 0 N–H and O–H groups in total. The minimum absolute atomic E-state index is 0.479. The van der Waals surface area contributed by atoms with Crippen molar-refractivity contribution >= 4 is 23.0 Å². The summed E-state index contributed by atoms with van der Waals surface area (Å²) in [4.78, 5) is 4.59. The Hall–Kier alpha value is -4.21. The van der Waals surface area contributed by atoms with E-state index in [2.05, 4.69) is 11.1 Å². The average Bonchev–Trinajstić information content (AvgIpc) is 3.59. The topological polar surface area (TPSA) is 67.6 Å². The van der Waals surface area contributed by atoms with Crippen molar-refractivity contribution in [1.82, 2.24) is 14.8 Å². The second kappa shape index (κ2) is 8.27. The van der Waals surface area contributed by atoms with E-state index in [1.807, 2.05) is 95.1 Å². The van der Waals surface area contributed by atoms with Crippen molar-refractivity contribution in [1.29, 1.82) is 5.26 Å². The van der Waals surface area contributed by atoms with Gasteiger partial charge in [0.05, 0.1) is 23.2 Å². The maximum atomic E-state index is 9.86. The first kappa shape index (κ1) is 18.8. The fourth-order valence-electron chi connectivity index (χ4n) is 3.26. The molecule has 0 aliphatic carbocycles. The van der Waals surface area contributed by atoms with Crippen LogP contribution in [0.25, 0.3) is 40.0 Å².